The van der Waals surface area contributed by atoms with Crippen molar-refractivity contribution in [1.29, 1.82) is 0 Å². The number of aromatic nitrogens is 1. The molecule has 1 N–H and O–H groups in total. The van der Waals surface area contributed by atoms with Crippen molar-refractivity contribution in [2.75, 3.05) is 20.3 Å². The van der Waals surface area contributed by atoms with Crippen LogP contribution in [-0.2, 0) is 11.8 Å². The van der Waals surface area contributed by atoms with Gasteiger partial charge in [-0.05, 0) is 6.07 Å². The van der Waals surface area contributed by atoms with Crippen molar-refractivity contribution in [3.05, 3.63) is 34.2 Å². The van der Waals surface area contributed by atoms with Gasteiger partial charge in [-0.2, -0.15) is 0 Å². The smallest absolute Gasteiger partial charge is 0.251 e. The molecule has 1 rings (SSSR count). The van der Waals surface area contributed by atoms with Gasteiger partial charge in [-0.1, -0.05) is 15.9 Å². The number of pyridine rings is 1. The summed E-state index contributed by atoms with van der Waals surface area (Å²) in [5.41, 5.74) is 0.162. The van der Waals surface area contributed by atoms with Crippen LogP contribution in [0.3, 0.4) is 0 Å². The number of hydrogen-bond acceptors (Lipinski definition) is 3. The molecule has 1 aromatic rings. The fourth-order valence-electron chi connectivity index (χ4n) is 1.24. The van der Waals surface area contributed by atoms with E-state index in [1.165, 1.54) is 10.6 Å². The lowest BCUT2D eigenvalue weighted by Crippen LogP contribution is -2.32. The Labute approximate surface area is 108 Å². The number of methoxy groups -OCH3 is 1. The Kier molecular flexibility index (Phi) is 5.37. The molecule has 0 fully saturated rings. The molecule has 1 amide bonds. The van der Waals surface area contributed by atoms with Crippen LogP contribution in [0.15, 0.2) is 23.1 Å². The molecule has 17 heavy (non-hydrogen) atoms. The van der Waals surface area contributed by atoms with Gasteiger partial charge in [-0.25, -0.2) is 0 Å². The van der Waals surface area contributed by atoms with Gasteiger partial charge in [0.05, 0.1) is 11.4 Å². The zero-order valence-corrected chi connectivity index (χ0v) is 11.4. The van der Waals surface area contributed by atoms with Crippen LogP contribution < -0.4 is 10.9 Å². The molecule has 0 aliphatic rings. The van der Waals surface area contributed by atoms with Crippen LogP contribution in [0.2, 0.25) is 0 Å². The zero-order chi connectivity index (χ0) is 12.8. The van der Waals surface area contributed by atoms with E-state index >= 15 is 0 Å². The maximum Gasteiger partial charge on any atom is 0.251 e. The van der Waals surface area contributed by atoms with Crippen LogP contribution in [-0.4, -0.2) is 35.6 Å². The Hall–Kier alpha value is -1.14. The van der Waals surface area contributed by atoms with Gasteiger partial charge in [-0.15, -0.1) is 0 Å². The first kappa shape index (κ1) is 13.9. The fraction of sp³-hybridized carbons (Fsp3) is 0.455. The van der Waals surface area contributed by atoms with Crippen LogP contribution >= 0.6 is 15.9 Å². The molecule has 6 heteroatoms. The van der Waals surface area contributed by atoms with Crippen molar-refractivity contribution in [3.63, 3.8) is 0 Å². The molecule has 1 heterocycles. The minimum Gasteiger partial charge on any atom is -0.383 e. The number of nitrogens with zero attached hydrogens (tertiary/aromatic N) is 1. The molecule has 1 aromatic heterocycles. The number of carbonyl (C=O) groups excluding carboxylic acids is 1. The Morgan fingerprint density at radius 2 is 2.35 bits per heavy atom. The number of amides is 1. The highest BCUT2D eigenvalue weighted by Gasteiger charge is 2.09. The molecule has 0 aromatic carbocycles. The molecule has 1 atom stereocenters. The molecular formula is C11H15BrN2O3. The molecular weight excluding hydrogens is 288 g/mol. The molecule has 0 saturated heterocycles. The Morgan fingerprint density at radius 1 is 1.65 bits per heavy atom. The number of halogens is 1. The van der Waals surface area contributed by atoms with Gasteiger partial charge < -0.3 is 14.6 Å². The highest BCUT2D eigenvalue weighted by molar-refractivity contribution is 9.09. The third-order valence-corrected chi connectivity index (χ3v) is 2.79. The second-order valence-corrected chi connectivity index (χ2v) is 4.92. The first-order chi connectivity index (χ1) is 8.04. The van der Waals surface area contributed by atoms with Crippen molar-refractivity contribution in [3.8, 4) is 0 Å². The Morgan fingerprint density at radius 3 is 2.94 bits per heavy atom. The van der Waals surface area contributed by atoms with E-state index in [0.29, 0.717) is 18.7 Å². The lowest BCUT2D eigenvalue weighted by atomic mass is 10.2. The van der Waals surface area contributed by atoms with Gasteiger partial charge >= 0.3 is 0 Å². The highest BCUT2D eigenvalue weighted by atomic mass is 79.9. The average Bonchev–Trinajstić information content (AvgIpc) is 2.30. The quantitative estimate of drug-likeness (QED) is 0.807. The zero-order valence-electron chi connectivity index (χ0n) is 9.77. The van der Waals surface area contributed by atoms with Crippen LogP contribution in [0.1, 0.15) is 10.4 Å². The van der Waals surface area contributed by atoms with Gasteiger partial charge in [0.15, 0.2) is 0 Å². The van der Waals surface area contributed by atoms with E-state index in [1.54, 1.807) is 26.4 Å². The van der Waals surface area contributed by atoms with Gasteiger partial charge in [0, 0.05) is 38.5 Å². The van der Waals surface area contributed by atoms with Gasteiger partial charge in [0.2, 0.25) is 0 Å². The molecule has 0 aliphatic heterocycles. The largest absolute Gasteiger partial charge is 0.383 e. The van der Waals surface area contributed by atoms with E-state index in [4.69, 9.17) is 4.74 Å². The first-order valence-corrected chi connectivity index (χ1v) is 6.04. The van der Waals surface area contributed by atoms with Gasteiger partial charge in [-0.3, -0.25) is 9.59 Å². The Bertz CT molecular complexity index is 445. The minimum absolute atomic E-state index is 0.0583. The van der Waals surface area contributed by atoms with Crippen LogP contribution in [0.5, 0.6) is 0 Å². The normalized spacial score (nSPS) is 12.2. The van der Waals surface area contributed by atoms with E-state index in [0.717, 1.165) is 0 Å². The van der Waals surface area contributed by atoms with E-state index < -0.39 is 0 Å². The van der Waals surface area contributed by atoms with Crippen molar-refractivity contribution in [2.45, 2.75) is 4.83 Å². The standard InChI is InChI=1S/C11H15BrN2O3/c1-14-4-3-8(5-10(14)15)11(16)13-6-9(12)7-17-2/h3-5,9H,6-7H2,1-2H3,(H,13,16). The van der Waals surface area contributed by atoms with Crippen LogP contribution in [0, 0.1) is 0 Å². The molecule has 0 spiro atoms. The summed E-state index contributed by atoms with van der Waals surface area (Å²) in [5, 5.41) is 2.72. The SMILES string of the molecule is COCC(Br)CNC(=O)c1ccn(C)c(=O)c1. The summed E-state index contributed by atoms with van der Waals surface area (Å²) >= 11 is 3.36. The monoisotopic (exact) mass is 302 g/mol. The summed E-state index contributed by atoms with van der Waals surface area (Å²) in [5.74, 6) is -0.261. The maximum absolute atomic E-state index is 11.7. The molecule has 0 radical (unpaired) electrons. The van der Waals surface area contributed by atoms with E-state index in [9.17, 15) is 9.59 Å². The summed E-state index contributed by atoms with van der Waals surface area (Å²) in [6, 6.07) is 2.92. The Balaban J connectivity index is 2.58. The number of alkyl halides is 1. The maximum atomic E-state index is 11.7. The molecule has 5 nitrogen and oxygen atoms in total. The number of aryl methyl sites for hydroxylation is 1. The van der Waals surface area contributed by atoms with E-state index in [-0.39, 0.29) is 16.3 Å². The summed E-state index contributed by atoms with van der Waals surface area (Å²) < 4.78 is 6.34. The first-order valence-electron chi connectivity index (χ1n) is 5.12. The number of nitrogens with one attached hydrogen (secondary N) is 1. The third kappa shape index (κ3) is 4.32. The topological polar surface area (TPSA) is 60.3 Å². The second kappa shape index (κ2) is 6.56. The molecule has 0 bridgehead atoms. The lowest BCUT2D eigenvalue weighted by molar-refractivity contribution is 0.0950. The summed E-state index contributed by atoms with van der Waals surface area (Å²) in [4.78, 5) is 23.1. The van der Waals surface area contributed by atoms with Gasteiger partial charge in [0.1, 0.15) is 0 Å². The van der Waals surface area contributed by atoms with Crippen LogP contribution in [0.25, 0.3) is 0 Å². The number of ether oxygens (including phenoxy) is 1. The van der Waals surface area contributed by atoms with Crippen LogP contribution in [0.4, 0.5) is 0 Å². The lowest BCUT2D eigenvalue weighted by Gasteiger charge is -2.10. The average molecular weight is 303 g/mol. The van der Waals surface area contributed by atoms with E-state index in [1.807, 2.05) is 0 Å². The third-order valence-electron chi connectivity index (χ3n) is 2.20. The summed E-state index contributed by atoms with van der Waals surface area (Å²) in [6.07, 6.45) is 1.57. The van der Waals surface area contributed by atoms with Crippen molar-refractivity contribution in [1.82, 2.24) is 9.88 Å². The molecule has 0 saturated carbocycles. The predicted molar refractivity (Wildman–Crippen MR) is 68.6 cm³/mol. The van der Waals surface area contributed by atoms with E-state index in [2.05, 4.69) is 21.2 Å². The number of carbonyl (C=O) groups is 1. The van der Waals surface area contributed by atoms with Gasteiger partial charge in [0.25, 0.3) is 11.5 Å². The van der Waals surface area contributed by atoms with Crippen molar-refractivity contribution >= 4 is 21.8 Å². The fourth-order valence-corrected chi connectivity index (χ4v) is 1.66. The summed E-state index contributed by atoms with van der Waals surface area (Å²) in [7, 11) is 3.23. The highest BCUT2D eigenvalue weighted by Crippen LogP contribution is 1.99. The minimum atomic E-state index is -0.261. The van der Waals surface area contributed by atoms with Crippen molar-refractivity contribution in [2.24, 2.45) is 7.05 Å². The number of hydrogen-bond donors (Lipinski definition) is 1. The number of rotatable bonds is 5. The second-order valence-electron chi connectivity index (χ2n) is 3.63. The molecule has 0 aliphatic carbocycles. The van der Waals surface area contributed by atoms with Crippen molar-refractivity contribution < 1.29 is 9.53 Å². The molecule has 94 valence electrons. The predicted octanol–water partition coefficient (Wildman–Crippen LogP) is 0.525. The molecule has 1 unspecified atom stereocenters. The summed E-state index contributed by atoms with van der Waals surface area (Å²) in [6.45, 7) is 0.957.